The Morgan fingerprint density at radius 3 is 2.94 bits per heavy atom. The van der Waals surface area contributed by atoms with E-state index in [1.54, 1.807) is 6.08 Å². The highest BCUT2D eigenvalue weighted by atomic mass is 16.1. The molecule has 4 nitrogen and oxygen atoms in total. The standard InChI is InChI=1S/C13H13N3O/c1-9-15-11-4-3-10(7-12(11)16-9)13(14-8-17)5-2-6-13/h3-4,7H,2,5-6H2,1H3,(H,15,16). The summed E-state index contributed by atoms with van der Waals surface area (Å²) in [6.07, 6.45) is 4.69. The molecule has 4 heteroatoms. The first kappa shape index (κ1) is 10.2. The topological polar surface area (TPSA) is 58.1 Å². The number of hydrogen-bond donors (Lipinski definition) is 1. The molecule has 1 heterocycles. The second-order valence-electron chi connectivity index (χ2n) is 4.64. The van der Waals surface area contributed by atoms with E-state index in [1.807, 2.05) is 19.1 Å². The number of aliphatic imine (C=N–C) groups is 1. The second-order valence-corrected chi connectivity index (χ2v) is 4.64. The van der Waals surface area contributed by atoms with Gasteiger partial charge in [0.15, 0.2) is 0 Å². The summed E-state index contributed by atoms with van der Waals surface area (Å²) in [7, 11) is 0. The van der Waals surface area contributed by atoms with Crippen molar-refractivity contribution in [2.75, 3.05) is 0 Å². The lowest BCUT2D eigenvalue weighted by Gasteiger charge is -2.37. The Kier molecular flexibility index (Phi) is 2.13. The highest BCUT2D eigenvalue weighted by molar-refractivity contribution is 5.76. The number of fused-ring (bicyclic) bond motifs is 1. The first-order valence-electron chi connectivity index (χ1n) is 5.79. The van der Waals surface area contributed by atoms with Crippen LogP contribution in [0.25, 0.3) is 11.0 Å². The predicted molar refractivity (Wildman–Crippen MR) is 64.5 cm³/mol. The van der Waals surface area contributed by atoms with Crippen LogP contribution in [-0.2, 0) is 10.3 Å². The minimum atomic E-state index is -0.324. The normalized spacial score (nSPS) is 17.5. The molecule has 3 rings (SSSR count). The largest absolute Gasteiger partial charge is 0.342 e. The third-order valence-corrected chi connectivity index (χ3v) is 3.58. The van der Waals surface area contributed by atoms with Crippen molar-refractivity contribution in [3.8, 4) is 0 Å². The van der Waals surface area contributed by atoms with Gasteiger partial charge in [0.05, 0.1) is 16.6 Å². The molecule has 0 unspecified atom stereocenters. The van der Waals surface area contributed by atoms with Crippen molar-refractivity contribution in [1.29, 1.82) is 0 Å². The van der Waals surface area contributed by atoms with Gasteiger partial charge in [-0.1, -0.05) is 6.07 Å². The average Bonchev–Trinajstić information content (AvgIpc) is 2.62. The molecular weight excluding hydrogens is 214 g/mol. The molecule has 1 saturated carbocycles. The quantitative estimate of drug-likeness (QED) is 0.633. The van der Waals surface area contributed by atoms with Crippen molar-refractivity contribution in [2.45, 2.75) is 31.7 Å². The number of aromatic amines is 1. The fourth-order valence-corrected chi connectivity index (χ4v) is 2.49. The molecule has 0 aliphatic heterocycles. The molecule has 0 bridgehead atoms. The molecule has 0 spiro atoms. The van der Waals surface area contributed by atoms with Crippen molar-refractivity contribution in [3.05, 3.63) is 29.6 Å². The predicted octanol–water partition coefficient (Wildman–Crippen LogP) is 2.59. The molecule has 0 atom stereocenters. The van der Waals surface area contributed by atoms with Crippen LogP contribution < -0.4 is 0 Å². The summed E-state index contributed by atoms with van der Waals surface area (Å²) in [5.74, 6) is 0.902. The van der Waals surface area contributed by atoms with Crippen LogP contribution in [-0.4, -0.2) is 16.0 Å². The molecular formula is C13H13N3O. The Morgan fingerprint density at radius 1 is 1.47 bits per heavy atom. The number of hydrogen-bond acceptors (Lipinski definition) is 3. The maximum atomic E-state index is 10.5. The first-order chi connectivity index (χ1) is 8.23. The molecule has 0 saturated heterocycles. The Hall–Kier alpha value is -1.93. The van der Waals surface area contributed by atoms with E-state index in [1.165, 1.54) is 0 Å². The number of nitrogens with one attached hydrogen (secondary N) is 1. The number of rotatable bonds is 2. The van der Waals surface area contributed by atoms with Gasteiger partial charge in [0.25, 0.3) is 0 Å². The van der Waals surface area contributed by atoms with E-state index in [0.29, 0.717) is 0 Å². The van der Waals surface area contributed by atoms with E-state index in [0.717, 1.165) is 41.7 Å². The number of benzene rings is 1. The Balaban J connectivity index is 2.13. The monoisotopic (exact) mass is 227 g/mol. The Bertz CT molecular complexity index is 619. The van der Waals surface area contributed by atoms with Gasteiger partial charge in [-0.05, 0) is 43.9 Å². The zero-order valence-corrected chi connectivity index (χ0v) is 9.66. The number of nitrogens with zero attached hydrogens (tertiary/aromatic N) is 2. The van der Waals surface area contributed by atoms with Gasteiger partial charge in [-0.25, -0.2) is 9.78 Å². The van der Waals surface area contributed by atoms with E-state index < -0.39 is 0 Å². The number of aryl methyl sites for hydroxylation is 1. The van der Waals surface area contributed by atoms with Crippen molar-refractivity contribution in [1.82, 2.24) is 9.97 Å². The lowest BCUT2D eigenvalue weighted by Crippen LogP contribution is -2.31. The molecule has 0 amide bonds. The van der Waals surface area contributed by atoms with Crippen LogP contribution >= 0.6 is 0 Å². The summed E-state index contributed by atoms with van der Waals surface area (Å²) in [6.45, 7) is 1.93. The third-order valence-electron chi connectivity index (χ3n) is 3.58. The smallest absolute Gasteiger partial charge is 0.235 e. The van der Waals surface area contributed by atoms with Gasteiger partial charge in [-0.3, -0.25) is 0 Å². The molecule has 1 N–H and O–H groups in total. The summed E-state index contributed by atoms with van der Waals surface area (Å²) in [4.78, 5) is 22.1. The van der Waals surface area contributed by atoms with Crippen LogP contribution in [0.3, 0.4) is 0 Å². The van der Waals surface area contributed by atoms with Crippen molar-refractivity contribution in [2.24, 2.45) is 4.99 Å². The number of H-pyrrole nitrogens is 1. The van der Waals surface area contributed by atoms with Crippen molar-refractivity contribution >= 4 is 17.1 Å². The molecule has 0 radical (unpaired) electrons. The average molecular weight is 227 g/mol. The number of carbonyl (C=O) groups excluding carboxylic acids is 1. The Labute approximate surface area is 98.8 Å². The van der Waals surface area contributed by atoms with Gasteiger partial charge in [-0.2, -0.15) is 4.99 Å². The van der Waals surface area contributed by atoms with Crippen LogP contribution in [0.15, 0.2) is 23.2 Å². The fourth-order valence-electron chi connectivity index (χ4n) is 2.49. The third kappa shape index (κ3) is 1.49. The van der Waals surface area contributed by atoms with E-state index in [2.05, 4.69) is 21.0 Å². The van der Waals surface area contributed by atoms with E-state index in [4.69, 9.17) is 0 Å². The zero-order chi connectivity index (χ0) is 11.9. The second kappa shape index (κ2) is 3.54. The van der Waals surface area contributed by atoms with Crippen LogP contribution in [0.1, 0.15) is 30.7 Å². The molecule has 1 aromatic heterocycles. The maximum Gasteiger partial charge on any atom is 0.235 e. The lowest BCUT2D eigenvalue weighted by atomic mass is 9.72. The molecule has 1 aliphatic carbocycles. The number of isocyanates is 1. The summed E-state index contributed by atoms with van der Waals surface area (Å²) in [5, 5.41) is 0. The Morgan fingerprint density at radius 2 is 2.29 bits per heavy atom. The van der Waals surface area contributed by atoms with Gasteiger partial charge in [0.1, 0.15) is 5.82 Å². The summed E-state index contributed by atoms with van der Waals surface area (Å²) >= 11 is 0. The maximum absolute atomic E-state index is 10.5. The van der Waals surface area contributed by atoms with Crippen molar-refractivity contribution in [3.63, 3.8) is 0 Å². The SMILES string of the molecule is Cc1nc2ccc(C3(N=C=O)CCC3)cc2[nH]1. The van der Waals surface area contributed by atoms with Crippen LogP contribution in [0.4, 0.5) is 0 Å². The summed E-state index contributed by atoms with van der Waals surface area (Å²) < 4.78 is 0. The minimum absolute atomic E-state index is 0.324. The van der Waals surface area contributed by atoms with Crippen LogP contribution in [0.5, 0.6) is 0 Å². The zero-order valence-electron chi connectivity index (χ0n) is 9.66. The van der Waals surface area contributed by atoms with Gasteiger partial charge >= 0.3 is 0 Å². The van der Waals surface area contributed by atoms with E-state index in [9.17, 15) is 4.79 Å². The first-order valence-corrected chi connectivity index (χ1v) is 5.79. The van der Waals surface area contributed by atoms with E-state index >= 15 is 0 Å². The molecule has 1 aliphatic rings. The molecule has 86 valence electrons. The minimum Gasteiger partial charge on any atom is -0.342 e. The molecule has 17 heavy (non-hydrogen) atoms. The van der Waals surface area contributed by atoms with Gasteiger partial charge < -0.3 is 4.98 Å². The highest BCUT2D eigenvalue weighted by Gasteiger charge is 2.38. The highest BCUT2D eigenvalue weighted by Crippen LogP contribution is 2.45. The molecule has 2 aromatic rings. The van der Waals surface area contributed by atoms with Crippen LogP contribution in [0, 0.1) is 6.92 Å². The lowest BCUT2D eigenvalue weighted by molar-refractivity contribution is 0.256. The summed E-state index contributed by atoms with van der Waals surface area (Å²) in [5.41, 5.74) is 2.72. The number of aromatic nitrogens is 2. The fraction of sp³-hybridized carbons (Fsp3) is 0.385. The van der Waals surface area contributed by atoms with Gasteiger partial charge in [0.2, 0.25) is 6.08 Å². The van der Waals surface area contributed by atoms with Gasteiger partial charge in [-0.15, -0.1) is 0 Å². The number of imidazole rings is 1. The van der Waals surface area contributed by atoms with Crippen molar-refractivity contribution < 1.29 is 4.79 Å². The van der Waals surface area contributed by atoms with Gasteiger partial charge in [0, 0.05) is 0 Å². The summed E-state index contributed by atoms with van der Waals surface area (Å²) in [6, 6.07) is 6.05. The van der Waals surface area contributed by atoms with E-state index in [-0.39, 0.29) is 5.54 Å². The molecule has 1 fully saturated rings. The van der Waals surface area contributed by atoms with Crippen LogP contribution in [0.2, 0.25) is 0 Å². The molecule has 1 aromatic carbocycles.